The minimum absolute atomic E-state index is 0.209. The van der Waals surface area contributed by atoms with E-state index in [1.807, 2.05) is 0 Å². The number of aliphatic hydroxyl groups excluding tert-OH is 1. The van der Waals surface area contributed by atoms with Crippen LogP contribution in [0, 0.1) is 0 Å². The van der Waals surface area contributed by atoms with Crippen LogP contribution in [0.4, 0.5) is 0 Å². The van der Waals surface area contributed by atoms with Crippen LogP contribution in [0.2, 0.25) is 0 Å². The molecule has 3 atom stereocenters. The number of epoxide rings is 1. The van der Waals surface area contributed by atoms with Gasteiger partial charge in [-0.25, -0.2) is 0 Å². The van der Waals surface area contributed by atoms with Crippen LogP contribution in [0.1, 0.15) is 32.6 Å². The molecule has 1 heterocycles. The molecule has 0 radical (unpaired) electrons. The highest BCUT2D eigenvalue weighted by molar-refractivity contribution is 5.60. The van der Waals surface area contributed by atoms with E-state index in [9.17, 15) is 9.90 Å². The van der Waals surface area contributed by atoms with Crippen molar-refractivity contribution in [1.82, 2.24) is 0 Å². The van der Waals surface area contributed by atoms with Crippen molar-refractivity contribution in [3.8, 4) is 0 Å². The third kappa shape index (κ3) is 2.57. The van der Waals surface area contributed by atoms with Gasteiger partial charge in [-0.2, -0.15) is 0 Å². The summed E-state index contributed by atoms with van der Waals surface area (Å²) in [5.41, 5.74) is 0. The fourth-order valence-electron chi connectivity index (χ4n) is 1.32. The zero-order valence-electron chi connectivity index (χ0n) is 7.40. The number of hydrogen-bond acceptors (Lipinski definition) is 3. The highest BCUT2D eigenvalue weighted by atomic mass is 16.6. The molecular formula is C9H16O3. The third-order valence-electron chi connectivity index (χ3n) is 2.18. The fraction of sp³-hybridized carbons (Fsp3) is 0.889. The van der Waals surface area contributed by atoms with E-state index in [-0.39, 0.29) is 12.2 Å². The SMILES string of the molecule is CCCCC[C@H](O)[C@@H]1O[C@H]1C=O. The number of rotatable bonds is 6. The molecule has 0 aromatic heterocycles. The maximum atomic E-state index is 10.2. The first-order valence-corrected chi connectivity index (χ1v) is 4.58. The Labute approximate surface area is 72.7 Å². The molecule has 1 fully saturated rings. The summed E-state index contributed by atoms with van der Waals surface area (Å²) in [5, 5.41) is 9.43. The summed E-state index contributed by atoms with van der Waals surface area (Å²) in [6.07, 6.45) is 3.83. The Hall–Kier alpha value is -0.410. The Bertz CT molecular complexity index is 147. The van der Waals surface area contributed by atoms with E-state index < -0.39 is 6.10 Å². The number of unbranched alkanes of at least 4 members (excludes halogenated alkanes) is 2. The van der Waals surface area contributed by atoms with Crippen molar-refractivity contribution in [1.29, 1.82) is 0 Å². The van der Waals surface area contributed by atoms with E-state index in [0.717, 1.165) is 32.0 Å². The highest BCUT2D eigenvalue weighted by Crippen LogP contribution is 2.26. The molecule has 0 aromatic carbocycles. The Morgan fingerprint density at radius 2 is 2.33 bits per heavy atom. The predicted octanol–water partition coefficient (Wildman–Crippen LogP) is 0.894. The molecule has 0 aliphatic carbocycles. The minimum atomic E-state index is -0.438. The molecule has 0 bridgehead atoms. The summed E-state index contributed by atoms with van der Waals surface area (Å²) in [6, 6.07) is 0. The number of hydrogen-bond donors (Lipinski definition) is 1. The van der Waals surface area contributed by atoms with Crippen LogP contribution in [-0.2, 0) is 9.53 Å². The van der Waals surface area contributed by atoms with Crippen LogP contribution in [0.5, 0.6) is 0 Å². The number of aldehydes is 1. The van der Waals surface area contributed by atoms with Crippen LogP contribution in [0.3, 0.4) is 0 Å². The van der Waals surface area contributed by atoms with Gasteiger partial charge in [0.05, 0.1) is 6.10 Å². The van der Waals surface area contributed by atoms with Gasteiger partial charge in [0.15, 0.2) is 6.29 Å². The summed E-state index contributed by atoms with van der Waals surface area (Å²) < 4.78 is 4.94. The molecule has 0 unspecified atom stereocenters. The van der Waals surface area contributed by atoms with Gasteiger partial charge in [0.2, 0.25) is 0 Å². The summed E-state index contributed by atoms with van der Waals surface area (Å²) in [4.78, 5) is 10.2. The van der Waals surface area contributed by atoms with Crippen molar-refractivity contribution in [2.24, 2.45) is 0 Å². The van der Waals surface area contributed by atoms with Crippen LogP contribution in [0.15, 0.2) is 0 Å². The van der Waals surface area contributed by atoms with Gasteiger partial charge >= 0.3 is 0 Å². The van der Waals surface area contributed by atoms with Crippen LogP contribution < -0.4 is 0 Å². The summed E-state index contributed by atoms with van der Waals surface area (Å²) >= 11 is 0. The van der Waals surface area contributed by atoms with Crippen LogP contribution >= 0.6 is 0 Å². The maximum Gasteiger partial charge on any atom is 0.151 e. The summed E-state index contributed by atoms with van der Waals surface area (Å²) in [6.45, 7) is 2.12. The monoisotopic (exact) mass is 172 g/mol. The molecule has 1 aliphatic rings. The topological polar surface area (TPSA) is 49.8 Å². The molecule has 0 spiro atoms. The molecule has 0 amide bonds. The first-order valence-electron chi connectivity index (χ1n) is 4.58. The first kappa shape index (κ1) is 9.68. The minimum Gasteiger partial charge on any atom is -0.390 e. The lowest BCUT2D eigenvalue weighted by Gasteiger charge is -2.05. The van der Waals surface area contributed by atoms with Gasteiger partial charge in [-0.05, 0) is 6.42 Å². The molecule has 12 heavy (non-hydrogen) atoms. The van der Waals surface area contributed by atoms with E-state index in [1.165, 1.54) is 0 Å². The zero-order chi connectivity index (χ0) is 8.97. The Morgan fingerprint density at radius 1 is 1.58 bits per heavy atom. The van der Waals surface area contributed by atoms with Crippen molar-refractivity contribution < 1.29 is 14.6 Å². The van der Waals surface area contributed by atoms with Crippen molar-refractivity contribution in [2.45, 2.75) is 50.9 Å². The average molecular weight is 172 g/mol. The molecule has 3 heteroatoms. The Kier molecular flexibility index (Phi) is 3.69. The molecule has 1 aliphatic heterocycles. The van der Waals surface area contributed by atoms with Gasteiger partial charge < -0.3 is 14.6 Å². The van der Waals surface area contributed by atoms with Crippen molar-refractivity contribution in [2.75, 3.05) is 0 Å². The van der Waals surface area contributed by atoms with Crippen molar-refractivity contribution in [3.05, 3.63) is 0 Å². The fourth-order valence-corrected chi connectivity index (χ4v) is 1.32. The predicted molar refractivity (Wildman–Crippen MR) is 44.9 cm³/mol. The average Bonchev–Trinajstić information content (AvgIpc) is 2.83. The molecule has 1 N–H and O–H groups in total. The Balaban J connectivity index is 2.05. The molecule has 70 valence electrons. The molecular weight excluding hydrogens is 156 g/mol. The largest absolute Gasteiger partial charge is 0.390 e. The van der Waals surface area contributed by atoms with Crippen molar-refractivity contribution >= 4 is 6.29 Å². The number of carbonyl (C=O) groups excluding carboxylic acids is 1. The zero-order valence-corrected chi connectivity index (χ0v) is 7.40. The smallest absolute Gasteiger partial charge is 0.151 e. The third-order valence-corrected chi connectivity index (χ3v) is 2.18. The lowest BCUT2D eigenvalue weighted by Crippen LogP contribution is -2.17. The van der Waals surface area contributed by atoms with Gasteiger partial charge in [-0.3, -0.25) is 0 Å². The molecule has 0 aromatic rings. The quantitative estimate of drug-likeness (QED) is 0.368. The Morgan fingerprint density at radius 3 is 2.83 bits per heavy atom. The van der Waals surface area contributed by atoms with Gasteiger partial charge in [-0.15, -0.1) is 0 Å². The number of aliphatic hydroxyl groups is 1. The summed E-state index contributed by atoms with van der Waals surface area (Å²) in [5.74, 6) is 0. The van der Waals surface area contributed by atoms with Crippen LogP contribution in [0.25, 0.3) is 0 Å². The van der Waals surface area contributed by atoms with E-state index in [2.05, 4.69) is 6.92 Å². The normalized spacial score (nSPS) is 29.8. The highest BCUT2D eigenvalue weighted by Gasteiger charge is 2.43. The standard InChI is InChI=1S/C9H16O3/c1-2-3-4-5-7(11)9-8(6-10)12-9/h6-9,11H,2-5H2,1H3/t7-,8-,9-/m0/s1. The molecule has 3 nitrogen and oxygen atoms in total. The summed E-state index contributed by atoms with van der Waals surface area (Å²) in [7, 11) is 0. The molecule has 1 rings (SSSR count). The lowest BCUT2D eigenvalue weighted by atomic mass is 10.1. The van der Waals surface area contributed by atoms with Gasteiger partial charge in [0, 0.05) is 0 Å². The van der Waals surface area contributed by atoms with E-state index in [0.29, 0.717) is 0 Å². The van der Waals surface area contributed by atoms with Gasteiger partial charge in [0.1, 0.15) is 12.2 Å². The van der Waals surface area contributed by atoms with E-state index in [1.54, 1.807) is 0 Å². The van der Waals surface area contributed by atoms with Gasteiger partial charge in [0.25, 0.3) is 0 Å². The maximum absolute atomic E-state index is 10.2. The van der Waals surface area contributed by atoms with E-state index >= 15 is 0 Å². The van der Waals surface area contributed by atoms with Gasteiger partial charge in [-0.1, -0.05) is 26.2 Å². The van der Waals surface area contributed by atoms with Crippen LogP contribution in [-0.4, -0.2) is 29.7 Å². The van der Waals surface area contributed by atoms with E-state index in [4.69, 9.17) is 4.74 Å². The second kappa shape index (κ2) is 4.58. The molecule has 1 saturated heterocycles. The number of carbonyl (C=O) groups is 1. The second-order valence-electron chi connectivity index (χ2n) is 3.26. The number of ether oxygens (including phenoxy) is 1. The van der Waals surface area contributed by atoms with Crippen molar-refractivity contribution in [3.63, 3.8) is 0 Å². The molecule has 0 saturated carbocycles. The second-order valence-corrected chi connectivity index (χ2v) is 3.26. The first-order chi connectivity index (χ1) is 5.79. The lowest BCUT2D eigenvalue weighted by molar-refractivity contribution is -0.108.